The Balaban J connectivity index is 1.83. The van der Waals surface area contributed by atoms with Crippen molar-refractivity contribution < 1.29 is 4.79 Å². The van der Waals surface area contributed by atoms with E-state index in [9.17, 15) is 4.79 Å². The molecule has 1 fully saturated rings. The van der Waals surface area contributed by atoms with Gasteiger partial charge in [-0.1, -0.05) is 18.2 Å². The van der Waals surface area contributed by atoms with Crippen molar-refractivity contribution in [1.82, 2.24) is 0 Å². The number of anilines is 1. The Bertz CT molecular complexity index is 484. The van der Waals surface area contributed by atoms with Crippen LogP contribution in [0.1, 0.15) is 18.4 Å². The molecule has 18 heavy (non-hydrogen) atoms. The molecule has 4 nitrogen and oxygen atoms in total. The van der Waals surface area contributed by atoms with Crippen LogP contribution in [0.4, 0.5) is 5.69 Å². The van der Waals surface area contributed by atoms with E-state index in [2.05, 4.69) is 17.0 Å². The Morgan fingerprint density at radius 2 is 2.11 bits per heavy atom. The van der Waals surface area contributed by atoms with Gasteiger partial charge in [-0.05, 0) is 36.8 Å². The van der Waals surface area contributed by atoms with Crippen LogP contribution in [-0.2, 0) is 11.2 Å². The summed E-state index contributed by atoms with van der Waals surface area (Å²) in [5.74, 6) is -0.0999. The number of rotatable bonds is 4. The molecule has 96 valence electrons. The SMILES string of the molecule is NC(=O)C(N)(CN1CCc2ccccc21)C1CC1. The summed E-state index contributed by atoms with van der Waals surface area (Å²) in [5, 5.41) is 0. The minimum Gasteiger partial charge on any atom is -0.369 e. The lowest BCUT2D eigenvalue weighted by molar-refractivity contribution is -0.123. The van der Waals surface area contributed by atoms with Gasteiger partial charge in [0.05, 0.1) is 0 Å². The lowest BCUT2D eigenvalue weighted by atomic mass is 9.93. The summed E-state index contributed by atoms with van der Waals surface area (Å²) in [4.78, 5) is 13.9. The zero-order chi connectivity index (χ0) is 12.8. The third-order valence-electron chi connectivity index (χ3n) is 4.20. The predicted octanol–water partition coefficient (Wildman–Crippen LogP) is 0.642. The number of benzene rings is 1. The standard InChI is InChI=1S/C14H19N3O/c15-13(18)14(16,11-5-6-11)9-17-8-7-10-3-1-2-4-12(10)17/h1-4,11H,5-9,16H2,(H2,15,18). The molecule has 4 heteroatoms. The van der Waals surface area contributed by atoms with Crippen molar-refractivity contribution in [3.63, 3.8) is 0 Å². The van der Waals surface area contributed by atoms with Crippen molar-refractivity contribution in [3.05, 3.63) is 29.8 Å². The van der Waals surface area contributed by atoms with Crippen molar-refractivity contribution in [2.45, 2.75) is 24.8 Å². The van der Waals surface area contributed by atoms with Gasteiger partial charge in [0.15, 0.2) is 0 Å². The summed E-state index contributed by atoms with van der Waals surface area (Å²) in [6, 6.07) is 8.30. The molecule has 1 unspecified atom stereocenters. The van der Waals surface area contributed by atoms with E-state index < -0.39 is 5.54 Å². The maximum absolute atomic E-state index is 11.7. The number of fused-ring (bicyclic) bond motifs is 1. The van der Waals surface area contributed by atoms with Gasteiger partial charge in [-0.15, -0.1) is 0 Å². The number of carbonyl (C=O) groups excluding carboxylic acids is 1. The first-order chi connectivity index (χ1) is 8.61. The summed E-state index contributed by atoms with van der Waals surface area (Å²) in [7, 11) is 0. The third kappa shape index (κ3) is 1.77. The van der Waals surface area contributed by atoms with Gasteiger partial charge in [0.1, 0.15) is 5.54 Å². The number of nitrogens with two attached hydrogens (primary N) is 2. The van der Waals surface area contributed by atoms with E-state index in [1.807, 2.05) is 12.1 Å². The van der Waals surface area contributed by atoms with Crippen LogP contribution < -0.4 is 16.4 Å². The average Bonchev–Trinajstić information content (AvgIpc) is 3.14. The molecule has 1 heterocycles. The van der Waals surface area contributed by atoms with Gasteiger partial charge < -0.3 is 16.4 Å². The van der Waals surface area contributed by atoms with Gasteiger partial charge in [-0.3, -0.25) is 4.79 Å². The second kappa shape index (κ2) is 3.99. The largest absolute Gasteiger partial charge is 0.369 e. The van der Waals surface area contributed by atoms with Crippen LogP contribution >= 0.6 is 0 Å². The molecular formula is C14H19N3O. The van der Waals surface area contributed by atoms with E-state index in [-0.39, 0.29) is 11.8 Å². The van der Waals surface area contributed by atoms with Crippen molar-refractivity contribution >= 4 is 11.6 Å². The zero-order valence-electron chi connectivity index (χ0n) is 10.4. The van der Waals surface area contributed by atoms with E-state index in [1.165, 1.54) is 11.3 Å². The van der Waals surface area contributed by atoms with Crippen LogP contribution in [0.3, 0.4) is 0 Å². The summed E-state index contributed by atoms with van der Waals surface area (Å²) in [5.41, 5.74) is 13.5. The minimum atomic E-state index is -0.864. The first-order valence-electron chi connectivity index (χ1n) is 6.53. The molecular weight excluding hydrogens is 226 g/mol. The van der Waals surface area contributed by atoms with Crippen molar-refractivity contribution in [1.29, 1.82) is 0 Å². The number of para-hydroxylation sites is 1. The lowest BCUT2D eigenvalue weighted by Gasteiger charge is -2.32. The molecule has 1 amide bonds. The number of hydrogen-bond donors (Lipinski definition) is 2. The monoisotopic (exact) mass is 245 g/mol. The zero-order valence-corrected chi connectivity index (χ0v) is 10.4. The first kappa shape index (κ1) is 11.5. The number of nitrogens with zero attached hydrogens (tertiary/aromatic N) is 1. The van der Waals surface area contributed by atoms with E-state index in [0.717, 1.165) is 25.8 Å². The summed E-state index contributed by atoms with van der Waals surface area (Å²) in [6.45, 7) is 1.47. The second-order valence-corrected chi connectivity index (χ2v) is 5.48. The number of amides is 1. The van der Waals surface area contributed by atoms with Crippen LogP contribution in [0.15, 0.2) is 24.3 Å². The van der Waals surface area contributed by atoms with Gasteiger partial charge in [-0.25, -0.2) is 0 Å². The normalized spacial score (nSPS) is 21.5. The summed E-state index contributed by atoms with van der Waals surface area (Å²) in [6.07, 6.45) is 3.07. The Morgan fingerprint density at radius 3 is 2.78 bits per heavy atom. The lowest BCUT2D eigenvalue weighted by Crippen LogP contribution is -2.60. The molecule has 1 aliphatic carbocycles. The van der Waals surface area contributed by atoms with Crippen molar-refractivity contribution in [2.24, 2.45) is 17.4 Å². The summed E-state index contributed by atoms with van der Waals surface area (Å²) < 4.78 is 0. The molecule has 1 saturated carbocycles. The Hall–Kier alpha value is -1.55. The van der Waals surface area contributed by atoms with E-state index in [0.29, 0.717) is 6.54 Å². The molecule has 3 rings (SSSR count). The minimum absolute atomic E-state index is 0.266. The van der Waals surface area contributed by atoms with Gasteiger partial charge >= 0.3 is 0 Å². The molecule has 2 aliphatic rings. The smallest absolute Gasteiger partial charge is 0.239 e. The molecule has 1 aromatic carbocycles. The van der Waals surface area contributed by atoms with Crippen LogP contribution in [0.2, 0.25) is 0 Å². The quantitative estimate of drug-likeness (QED) is 0.817. The third-order valence-corrected chi connectivity index (χ3v) is 4.20. The van der Waals surface area contributed by atoms with Gasteiger partial charge in [0.2, 0.25) is 5.91 Å². The number of primary amides is 1. The highest BCUT2D eigenvalue weighted by Crippen LogP contribution is 2.40. The van der Waals surface area contributed by atoms with Gasteiger partial charge in [0.25, 0.3) is 0 Å². The van der Waals surface area contributed by atoms with Crippen LogP contribution in [0, 0.1) is 5.92 Å². The predicted molar refractivity (Wildman–Crippen MR) is 71.2 cm³/mol. The van der Waals surface area contributed by atoms with E-state index >= 15 is 0 Å². The highest BCUT2D eigenvalue weighted by atomic mass is 16.1. The molecule has 1 atom stereocenters. The van der Waals surface area contributed by atoms with Crippen molar-refractivity contribution in [2.75, 3.05) is 18.0 Å². The van der Waals surface area contributed by atoms with E-state index in [1.54, 1.807) is 0 Å². The molecule has 1 aromatic rings. The Morgan fingerprint density at radius 1 is 1.39 bits per heavy atom. The van der Waals surface area contributed by atoms with Gasteiger partial charge in [0, 0.05) is 18.8 Å². The molecule has 0 aromatic heterocycles. The fourth-order valence-electron chi connectivity index (χ4n) is 2.89. The molecule has 0 spiro atoms. The Labute approximate surface area is 107 Å². The van der Waals surface area contributed by atoms with E-state index in [4.69, 9.17) is 11.5 Å². The van der Waals surface area contributed by atoms with Crippen LogP contribution in [-0.4, -0.2) is 24.5 Å². The summed E-state index contributed by atoms with van der Waals surface area (Å²) >= 11 is 0. The maximum atomic E-state index is 11.7. The topological polar surface area (TPSA) is 72.3 Å². The molecule has 0 radical (unpaired) electrons. The second-order valence-electron chi connectivity index (χ2n) is 5.48. The highest BCUT2D eigenvalue weighted by Gasteiger charge is 2.48. The fourth-order valence-corrected chi connectivity index (χ4v) is 2.89. The Kier molecular flexibility index (Phi) is 2.55. The highest BCUT2D eigenvalue weighted by molar-refractivity contribution is 5.86. The molecule has 0 bridgehead atoms. The van der Waals surface area contributed by atoms with Crippen molar-refractivity contribution in [3.8, 4) is 0 Å². The average molecular weight is 245 g/mol. The molecule has 0 saturated heterocycles. The molecule has 1 aliphatic heterocycles. The number of hydrogen-bond acceptors (Lipinski definition) is 3. The van der Waals surface area contributed by atoms with Gasteiger partial charge in [-0.2, -0.15) is 0 Å². The number of carbonyl (C=O) groups is 1. The van der Waals surface area contributed by atoms with Crippen LogP contribution in [0.5, 0.6) is 0 Å². The van der Waals surface area contributed by atoms with Crippen LogP contribution in [0.25, 0.3) is 0 Å². The molecule has 4 N–H and O–H groups in total. The fraction of sp³-hybridized carbons (Fsp3) is 0.500. The maximum Gasteiger partial charge on any atom is 0.239 e. The first-order valence-corrected chi connectivity index (χ1v) is 6.53.